The van der Waals surface area contributed by atoms with Gasteiger partial charge in [0.15, 0.2) is 0 Å². The minimum absolute atomic E-state index is 0.0109. The SMILES string of the molecule is COc1nccnc1OC1CCN(C(=O)c2ccc(-c3ccccc3)cc2)C1. The van der Waals surface area contributed by atoms with Crippen LogP contribution in [0.25, 0.3) is 11.1 Å². The summed E-state index contributed by atoms with van der Waals surface area (Å²) in [5.41, 5.74) is 2.90. The number of benzene rings is 2. The molecular weight excluding hydrogens is 354 g/mol. The van der Waals surface area contributed by atoms with Crippen molar-refractivity contribution in [3.63, 3.8) is 0 Å². The van der Waals surface area contributed by atoms with Gasteiger partial charge in [0.05, 0.1) is 13.7 Å². The highest BCUT2D eigenvalue weighted by Crippen LogP contribution is 2.25. The Bertz CT molecular complexity index is 945. The molecule has 0 bridgehead atoms. The maximum atomic E-state index is 12.8. The van der Waals surface area contributed by atoms with E-state index in [4.69, 9.17) is 9.47 Å². The molecule has 1 aliphatic rings. The van der Waals surface area contributed by atoms with E-state index in [1.54, 1.807) is 12.4 Å². The van der Waals surface area contributed by atoms with Crippen LogP contribution in [0.3, 0.4) is 0 Å². The molecule has 0 aliphatic carbocycles. The summed E-state index contributed by atoms with van der Waals surface area (Å²) >= 11 is 0. The first kappa shape index (κ1) is 18.0. The summed E-state index contributed by atoms with van der Waals surface area (Å²) in [5.74, 6) is 0.720. The largest absolute Gasteiger partial charge is 0.477 e. The summed E-state index contributed by atoms with van der Waals surface area (Å²) < 4.78 is 11.1. The fraction of sp³-hybridized carbons (Fsp3) is 0.227. The zero-order valence-corrected chi connectivity index (χ0v) is 15.6. The molecule has 1 fully saturated rings. The maximum Gasteiger partial charge on any atom is 0.278 e. The maximum absolute atomic E-state index is 12.8. The zero-order chi connectivity index (χ0) is 19.3. The number of methoxy groups -OCH3 is 1. The number of rotatable bonds is 5. The number of ether oxygens (including phenoxy) is 2. The van der Waals surface area contributed by atoms with E-state index in [1.165, 1.54) is 7.11 Å². The molecule has 2 aromatic carbocycles. The zero-order valence-electron chi connectivity index (χ0n) is 15.6. The van der Waals surface area contributed by atoms with Gasteiger partial charge in [0, 0.05) is 30.9 Å². The van der Waals surface area contributed by atoms with Crippen LogP contribution in [-0.2, 0) is 0 Å². The number of carbonyl (C=O) groups is 1. The summed E-state index contributed by atoms with van der Waals surface area (Å²) in [5, 5.41) is 0. The van der Waals surface area contributed by atoms with Gasteiger partial charge < -0.3 is 14.4 Å². The Balaban J connectivity index is 1.40. The number of carbonyl (C=O) groups excluding carboxylic acids is 1. The lowest BCUT2D eigenvalue weighted by Crippen LogP contribution is -2.31. The summed E-state index contributed by atoms with van der Waals surface area (Å²) in [6, 6.07) is 17.8. The fourth-order valence-corrected chi connectivity index (χ4v) is 3.32. The molecule has 1 saturated heterocycles. The molecule has 1 unspecified atom stereocenters. The van der Waals surface area contributed by atoms with Crippen molar-refractivity contribution in [2.45, 2.75) is 12.5 Å². The van der Waals surface area contributed by atoms with Gasteiger partial charge in [-0.2, -0.15) is 0 Å². The van der Waals surface area contributed by atoms with Gasteiger partial charge in [-0.25, -0.2) is 9.97 Å². The Morgan fingerprint density at radius 1 is 0.964 bits per heavy atom. The molecule has 1 amide bonds. The van der Waals surface area contributed by atoms with Gasteiger partial charge in [0.25, 0.3) is 17.7 Å². The molecule has 1 aromatic heterocycles. The summed E-state index contributed by atoms with van der Waals surface area (Å²) in [7, 11) is 1.53. The van der Waals surface area contributed by atoms with E-state index in [1.807, 2.05) is 47.4 Å². The van der Waals surface area contributed by atoms with Crippen molar-refractivity contribution in [2.24, 2.45) is 0 Å². The molecule has 0 radical (unpaired) electrons. The lowest BCUT2D eigenvalue weighted by atomic mass is 10.0. The lowest BCUT2D eigenvalue weighted by Gasteiger charge is -2.17. The van der Waals surface area contributed by atoms with E-state index in [-0.39, 0.29) is 12.0 Å². The standard InChI is InChI=1S/C22H21N3O3/c1-27-20-21(24-13-12-23-20)28-19-11-14-25(15-19)22(26)18-9-7-17(8-10-18)16-5-3-2-4-6-16/h2-10,12-13,19H,11,14-15H2,1H3. The van der Waals surface area contributed by atoms with Crippen LogP contribution in [0, 0.1) is 0 Å². The number of amides is 1. The lowest BCUT2D eigenvalue weighted by molar-refractivity contribution is 0.0770. The normalized spacial score (nSPS) is 16.0. The van der Waals surface area contributed by atoms with Crippen LogP contribution in [-0.4, -0.2) is 47.1 Å². The minimum Gasteiger partial charge on any atom is -0.477 e. The van der Waals surface area contributed by atoms with Crippen molar-refractivity contribution in [1.29, 1.82) is 0 Å². The fourth-order valence-electron chi connectivity index (χ4n) is 3.32. The minimum atomic E-state index is -0.127. The first-order valence-corrected chi connectivity index (χ1v) is 9.21. The van der Waals surface area contributed by atoms with Gasteiger partial charge in [-0.05, 0) is 23.3 Å². The first-order valence-electron chi connectivity index (χ1n) is 9.21. The molecule has 4 rings (SSSR count). The van der Waals surface area contributed by atoms with Crippen LogP contribution in [0.5, 0.6) is 11.8 Å². The molecule has 0 saturated carbocycles. The van der Waals surface area contributed by atoms with E-state index in [0.29, 0.717) is 30.4 Å². The smallest absolute Gasteiger partial charge is 0.278 e. The molecule has 28 heavy (non-hydrogen) atoms. The summed E-state index contributed by atoms with van der Waals surface area (Å²) in [4.78, 5) is 22.9. The highest BCUT2D eigenvalue weighted by Gasteiger charge is 2.29. The van der Waals surface area contributed by atoms with Crippen LogP contribution >= 0.6 is 0 Å². The summed E-state index contributed by atoms with van der Waals surface area (Å²) in [6.45, 7) is 1.16. The average molecular weight is 375 g/mol. The average Bonchev–Trinajstić information content (AvgIpc) is 3.23. The molecule has 142 valence electrons. The number of hydrogen-bond acceptors (Lipinski definition) is 5. The number of nitrogens with zero attached hydrogens (tertiary/aromatic N) is 3. The van der Waals surface area contributed by atoms with Gasteiger partial charge in [-0.1, -0.05) is 42.5 Å². The number of hydrogen-bond donors (Lipinski definition) is 0. The summed E-state index contributed by atoms with van der Waals surface area (Å²) in [6.07, 6.45) is 3.73. The van der Waals surface area contributed by atoms with Gasteiger partial charge in [0.1, 0.15) is 6.10 Å². The Kier molecular flexibility index (Phi) is 5.19. The third-order valence-corrected chi connectivity index (χ3v) is 4.78. The molecule has 2 heterocycles. The molecule has 0 N–H and O–H groups in total. The Hall–Kier alpha value is -3.41. The van der Waals surface area contributed by atoms with Crippen molar-refractivity contribution in [3.8, 4) is 22.9 Å². The second kappa shape index (κ2) is 8.08. The van der Waals surface area contributed by atoms with Crippen molar-refractivity contribution in [2.75, 3.05) is 20.2 Å². The van der Waals surface area contributed by atoms with Crippen LogP contribution in [0.2, 0.25) is 0 Å². The Morgan fingerprint density at radius 2 is 1.64 bits per heavy atom. The Labute approximate surface area is 163 Å². The quantitative estimate of drug-likeness (QED) is 0.683. The first-order chi connectivity index (χ1) is 13.7. The highest BCUT2D eigenvalue weighted by atomic mass is 16.5. The molecule has 1 atom stereocenters. The molecule has 0 spiro atoms. The van der Waals surface area contributed by atoms with E-state index < -0.39 is 0 Å². The van der Waals surface area contributed by atoms with E-state index in [0.717, 1.165) is 17.5 Å². The van der Waals surface area contributed by atoms with E-state index >= 15 is 0 Å². The van der Waals surface area contributed by atoms with E-state index in [9.17, 15) is 4.79 Å². The van der Waals surface area contributed by atoms with Crippen molar-refractivity contribution >= 4 is 5.91 Å². The molecule has 3 aromatic rings. The van der Waals surface area contributed by atoms with Crippen molar-refractivity contribution < 1.29 is 14.3 Å². The number of likely N-dealkylation sites (tertiary alicyclic amines) is 1. The van der Waals surface area contributed by atoms with Crippen LogP contribution in [0.4, 0.5) is 0 Å². The topological polar surface area (TPSA) is 64.6 Å². The second-order valence-electron chi connectivity index (χ2n) is 6.59. The van der Waals surface area contributed by atoms with Gasteiger partial charge in [-0.3, -0.25) is 4.79 Å². The molecular formula is C22H21N3O3. The van der Waals surface area contributed by atoms with Crippen molar-refractivity contribution in [1.82, 2.24) is 14.9 Å². The van der Waals surface area contributed by atoms with Gasteiger partial charge in [0.2, 0.25) is 0 Å². The molecule has 1 aliphatic heterocycles. The van der Waals surface area contributed by atoms with E-state index in [2.05, 4.69) is 22.1 Å². The number of aromatic nitrogens is 2. The molecule has 6 heteroatoms. The van der Waals surface area contributed by atoms with Crippen LogP contribution in [0.1, 0.15) is 16.8 Å². The van der Waals surface area contributed by atoms with Crippen LogP contribution < -0.4 is 9.47 Å². The van der Waals surface area contributed by atoms with Gasteiger partial charge in [-0.15, -0.1) is 0 Å². The Morgan fingerprint density at radius 3 is 2.36 bits per heavy atom. The van der Waals surface area contributed by atoms with Gasteiger partial charge >= 0.3 is 0 Å². The third-order valence-electron chi connectivity index (χ3n) is 4.78. The predicted molar refractivity (Wildman–Crippen MR) is 105 cm³/mol. The second-order valence-corrected chi connectivity index (χ2v) is 6.59. The molecule has 6 nitrogen and oxygen atoms in total. The third kappa shape index (κ3) is 3.81. The predicted octanol–water partition coefficient (Wildman–Crippen LogP) is 3.45. The highest BCUT2D eigenvalue weighted by molar-refractivity contribution is 5.95. The van der Waals surface area contributed by atoms with Crippen LogP contribution in [0.15, 0.2) is 67.0 Å². The van der Waals surface area contributed by atoms with Crippen molar-refractivity contribution in [3.05, 3.63) is 72.6 Å². The monoisotopic (exact) mass is 375 g/mol.